The fraction of sp³-hybridized carbons (Fsp3) is 0.667. The van der Waals surface area contributed by atoms with E-state index in [4.69, 9.17) is 9.05 Å². The van der Waals surface area contributed by atoms with Gasteiger partial charge < -0.3 is 0 Å². The quantitative estimate of drug-likeness (QED) is 0.732. The van der Waals surface area contributed by atoms with Gasteiger partial charge in [0, 0.05) is 12.4 Å². The van der Waals surface area contributed by atoms with Gasteiger partial charge in [0.25, 0.3) is 0 Å². The average Bonchev–Trinajstić information content (AvgIpc) is 2.51. The molecule has 0 aromatic carbocycles. The Morgan fingerprint density at radius 2 is 1.73 bits per heavy atom. The first-order chi connectivity index (χ1) is 6.94. The Hall–Kier alpha value is -0.640. The van der Waals surface area contributed by atoms with Crippen LogP contribution in [-0.2, 0) is 13.6 Å². The van der Waals surface area contributed by atoms with Crippen molar-refractivity contribution in [1.29, 1.82) is 0 Å². The fourth-order valence-corrected chi connectivity index (χ4v) is 2.81. The van der Waals surface area contributed by atoms with Crippen LogP contribution >= 0.6 is 7.75 Å². The summed E-state index contributed by atoms with van der Waals surface area (Å²) in [6, 6.07) is 0. The molecule has 0 N–H and O–H groups in total. The van der Waals surface area contributed by atoms with E-state index in [1.54, 1.807) is 12.4 Å². The molecule has 6 heteroatoms. The van der Waals surface area contributed by atoms with E-state index < -0.39 is 7.75 Å². The second kappa shape index (κ2) is 4.92. The van der Waals surface area contributed by atoms with Gasteiger partial charge in [0.15, 0.2) is 0 Å². The summed E-state index contributed by atoms with van der Waals surface area (Å²) >= 11 is 0. The third-order valence-corrected chi connectivity index (χ3v) is 3.64. The van der Waals surface area contributed by atoms with Crippen LogP contribution in [0.15, 0.2) is 18.7 Å². The van der Waals surface area contributed by atoms with E-state index in [9.17, 15) is 4.57 Å². The SMILES string of the molecule is CC(C)OP(=O)(OC(C)C)n1ccnc1. The van der Waals surface area contributed by atoms with Crippen LogP contribution in [0.2, 0.25) is 0 Å². The zero-order valence-electron chi connectivity index (χ0n) is 9.45. The van der Waals surface area contributed by atoms with Gasteiger partial charge in [0.05, 0.1) is 12.2 Å². The van der Waals surface area contributed by atoms with Crippen molar-refractivity contribution in [3.05, 3.63) is 18.7 Å². The lowest BCUT2D eigenvalue weighted by molar-refractivity contribution is 0.136. The van der Waals surface area contributed by atoms with Gasteiger partial charge in [-0.1, -0.05) is 0 Å². The Balaban J connectivity index is 2.91. The van der Waals surface area contributed by atoms with Crippen molar-refractivity contribution in [2.45, 2.75) is 39.9 Å². The van der Waals surface area contributed by atoms with Gasteiger partial charge in [-0.15, -0.1) is 0 Å². The maximum absolute atomic E-state index is 12.4. The Labute approximate surface area is 90.0 Å². The van der Waals surface area contributed by atoms with Gasteiger partial charge >= 0.3 is 7.75 Å². The van der Waals surface area contributed by atoms with Crippen LogP contribution in [0, 0.1) is 0 Å². The molecular weight excluding hydrogens is 215 g/mol. The first-order valence-electron chi connectivity index (χ1n) is 4.89. The number of hydrogen-bond acceptors (Lipinski definition) is 4. The zero-order valence-corrected chi connectivity index (χ0v) is 10.3. The van der Waals surface area contributed by atoms with Crippen LogP contribution in [0.3, 0.4) is 0 Å². The van der Waals surface area contributed by atoms with E-state index in [0.717, 1.165) is 0 Å². The summed E-state index contributed by atoms with van der Waals surface area (Å²) in [6.45, 7) is 7.25. The molecule has 0 saturated heterocycles. The smallest absolute Gasteiger partial charge is 0.289 e. The van der Waals surface area contributed by atoms with Crippen molar-refractivity contribution >= 4 is 7.75 Å². The van der Waals surface area contributed by atoms with Crippen LogP contribution < -0.4 is 0 Å². The minimum absolute atomic E-state index is 0.169. The minimum atomic E-state index is -3.28. The summed E-state index contributed by atoms with van der Waals surface area (Å²) in [5, 5.41) is 0. The molecule has 0 spiro atoms. The van der Waals surface area contributed by atoms with E-state index in [0.29, 0.717) is 0 Å². The van der Waals surface area contributed by atoms with Crippen LogP contribution in [0.5, 0.6) is 0 Å². The number of hydrogen-bond donors (Lipinski definition) is 0. The molecule has 1 aromatic heterocycles. The first kappa shape index (κ1) is 12.4. The first-order valence-corrected chi connectivity index (χ1v) is 6.39. The van der Waals surface area contributed by atoms with Crippen LogP contribution in [0.1, 0.15) is 27.7 Å². The molecule has 0 aliphatic rings. The van der Waals surface area contributed by atoms with Gasteiger partial charge in [0.2, 0.25) is 0 Å². The van der Waals surface area contributed by atoms with E-state index in [2.05, 4.69) is 4.98 Å². The Morgan fingerprint density at radius 1 is 1.20 bits per heavy atom. The summed E-state index contributed by atoms with van der Waals surface area (Å²) in [6.07, 6.45) is 4.21. The highest BCUT2D eigenvalue weighted by atomic mass is 31.2. The highest BCUT2D eigenvalue weighted by Crippen LogP contribution is 2.51. The van der Waals surface area contributed by atoms with E-state index >= 15 is 0 Å². The van der Waals surface area contributed by atoms with Gasteiger partial charge in [-0.05, 0) is 27.7 Å². The maximum atomic E-state index is 12.4. The average molecular weight is 232 g/mol. The molecule has 1 rings (SSSR count). The molecule has 86 valence electrons. The van der Waals surface area contributed by atoms with Crippen molar-refractivity contribution in [1.82, 2.24) is 9.32 Å². The molecule has 15 heavy (non-hydrogen) atoms. The Morgan fingerprint density at radius 3 is 2.07 bits per heavy atom. The third-order valence-electron chi connectivity index (χ3n) is 1.46. The number of nitrogens with zero attached hydrogens (tertiary/aromatic N) is 2. The van der Waals surface area contributed by atoms with Crippen molar-refractivity contribution in [2.24, 2.45) is 0 Å². The summed E-state index contributed by atoms with van der Waals surface area (Å²) in [5.41, 5.74) is 0. The molecule has 0 bridgehead atoms. The second-order valence-electron chi connectivity index (χ2n) is 3.72. The highest BCUT2D eigenvalue weighted by molar-refractivity contribution is 7.52. The van der Waals surface area contributed by atoms with E-state index in [-0.39, 0.29) is 12.2 Å². The van der Waals surface area contributed by atoms with Crippen molar-refractivity contribution in [3.8, 4) is 0 Å². The molecule has 0 saturated carbocycles. The standard InChI is InChI=1S/C9H17N2O3P/c1-8(2)13-15(12,14-9(3)4)11-6-5-10-7-11/h5-9H,1-4H3. The van der Waals surface area contributed by atoms with Crippen molar-refractivity contribution < 1.29 is 13.6 Å². The lowest BCUT2D eigenvalue weighted by atomic mass is 10.5. The molecule has 0 aliphatic heterocycles. The largest absolute Gasteiger partial charge is 0.440 e. The molecule has 0 unspecified atom stereocenters. The van der Waals surface area contributed by atoms with Crippen molar-refractivity contribution in [2.75, 3.05) is 0 Å². The molecule has 1 aromatic rings. The molecule has 0 atom stereocenters. The lowest BCUT2D eigenvalue weighted by Crippen LogP contribution is -2.12. The van der Waals surface area contributed by atoms with Crippen LogP contribution in [0.4, 0.5) is 0 Å². The summed E-state index contributed by atoms with van der Waals surface area (Å²) in [4.78, 5) is 3.83. The highest BCUT2D eigenvalue weighted by Gasteiger charge is 2.29. The zero-order chi connectivity index (χ0) is 11.5. The maximum Gasteiger partial charge on any atom is 0.440 e. The van der Waals surface area contributed by atoms with Crippen LogP contribution in [0.25, 0.3) is 0 Å². The topological polar surface area (TPSA) is 53.4 Å². The van der Waals surface area contributed by atoms with E-state index in [1.165, 1.54) is 10.7 Å². The van der Waals surface area contributed by atoms with Crippen molar-refractivity contribution in [3.63, 3.8) is 0 Å². The lowest BCUT2D eigenvalue weighted by Gasteiger charge is -2.22. The normalized spacial score (nSPS) is 12.7. The second-order valence-corrected chi connectivity index (χ2v) is 5.54. The number of aromatic nitrogens is 2. The van der Waals surface area contributed by atoms with Gasteiger partial charge in [-0.25, -0.2) is 13.9 Å². The fourth-order valence-electron chi connectivity index (χ4n) is 1.06. The molecular formula is C9H17N2O3P. The van der Waals surface area contributed by atoms with Crippen LogP contribution in [-0.4, -0.2) is 21.5 Å². The van der Waals surface area contributed by atoms with Gasteiger partial charge in [0.1, 0.15) is 6.33 Å². The Bertz CT molecular complexity index is 321. The monoisotopic (exact) mass is 232 g/mol. The summed E-state index contributed by atoms with van der Waals surface area (Å²) in [7, 11) is -3.28. The molecule has 0 radical (unpaired) electrons. The van der Waals surface area contributed by atoms with E-state index in [1.807, 2.05) is 27.7 Å². The third kappa shape index (κ3) is 3.45. The molecule has 5 nitrogen and oxygen atoms in total. The predicted molar refractivity (Wildman–Crippen MR) is 57.7 cm³/mol. The number of imidazole rings is 1. The molecule has 1 heterocycles. The molecule has 0 amide bonds. The molecule has 0 fully saturated rings. The summed E-state index contributed by atoms with van der Waals surface area (Å²) in [5.74, 6) is 0. The van der Waals surface area contributed by atoms with Gasteiger partial charge in [-0.3, -0.25) is 9.05 Å². The Kier molecular flexibility index (Phi) is 4.08. The number of rotatable bonds is 5. The molecule has 0 aliphatic carbocycles. The summed E-state index contributed by atoms with van der Waals surface area (Å²) < 4.78 is 24.5. The van der Waals surface area contributed by atoms with Gasteiger partial charge in [-0.2, -0.15) is 0 Å². The minimum Gasteiger partial charge on any atom is -0.289 e. The predicted octanol–water partition coefficient (Wildman–Crippen LogP) is 2.69.